The van der Waals surface area contributed by atoms with Crippen LogP contribution in [0.2, 0.25) is 0 Å². The van der Waals surface area contributed by atoms with Gasteiger partial charge in [-0.1, -0.05) is 19.9 Å². The highest BCUT2D eigenvalue weighted by atomic mass is 79.9. The lowest BCUT2D eigenvalue weighted by Gasteiger charge is -2.23. The summed E-state index contributed by atoms with van der Waals surface area (Å²) in [6.07, 6.45) is 0. The maximum absolute atomic E-state index is 12.1. The van der Waals surface area contributed by atoms with Gasteiger partial charge in [0.15, 0.2) is 0 Å². The van der Waals surface area contributed by atoms with Crippen LogP contribution in [0.3, 0.4) is 0 Å². The average Bonchev–Trinajstić information content (AvgIpc) is 2.97. The molecule has 2 rings (SSSR count). The van der Waals surface area contributed by atoms with Crippen LogP contribution in [0.5, 0.6) is 0 Å². The zero-order valence-electron chi connectivity index (χ0n) is 10.5. The van der Waals surface area contributed by atoms with Crippen LogP contribution in [0, 0.1) is 0 Å². The number of rotatable bonds is 5. The standard InChI is InChI=1S/C12H14BrNO2S3/c1-12(2,9-4-3-7-17-9)8-14-19(15,16)11-6-5-10(13)18-11/h3-7,14H,8H2,1-2H3. The molecule has 0 amide bonds. The first-order valence-corrected chi connectivity index (χ1v) is 9.57. The van der Waals surface area contributed by atoms with E-state index in [1.807, 2.05) is 31.4 Å². The Morgan fingerprint density at radius 3 is 2.58 bits per heavy atom. The number of hydrogen-bond donors (Lipinski definition) is 1. The topological polar surface area (TPSA) is 46.2 Å². The third kappa shape index (κ3) is 3.66. The van der Waals surface area contributed by atoms with Gasteiger partial charge in [0.1, 0.15) is 4.21 Å². The first-order chi connectivity index (χ1) is 8.81. The van der Waals surface area contributed by atoms with Gasteiger partial charge in [-0.3, -0.25) is 0 Å². The van der Waals surface area contributed by atoms with Crippen molar-refractivity contribution in [1.82, 2.24) is 4.72 Å². The smallest absolute Gasteiger partial charge is 0.210 e. The summed E-state index contributed by atoms with van der Waals surface area (Å²) >= 11 is 6.13. The van der Waals surface area contributed by atoms with Crippen molar-refractivity contribution >= 4 is 48.6 Å². The molecule has 0 radical (unpaired) electrons. The fourth-order valence-corrected chi connectivity index (χ4v) is 5.66. The zero-order valence-corrected chi connectivity index (χ0v) is 14.5. The van der Waals surface area contributed by atoms with Gasteiger partial charge in [0, 0.05) is 16.8 Å². The lowest BCUT2D eigenvalue weighted by atomic mass is 9.92. The van der Waals surface area contributed by atoms with E-state index in [1.165, 1.54) is 16.2 Å². The molecule has 0 saturated heterocycles. The fourth-order valence-electron chi connectivity index (χ4n) is 1.54. The van der Waals surface area contributed by atoms with E-state index < -0.39 is 10.0 Å². The first-order valence-electron chi connectivity index (χ1n) is 5.60. The second-order valence-corrected chi connectivity index (χ2v) is 10.1. The molecule has 0 aliphatic heterocycles. The Labute approximate surface area is 129 Å². The van der Waals surface area contributed by atoms with Crippen LogP contribution < -0.4 is 4.72 Å². The average molecular weight is 380 g/mol. The maximum Gasteiger partial charge on any atom is 0.250 e. The molecule has 104 valence electrons. The van der Waals surface area contributed by atoms with Gasteiger partial charge in [-0.15, -0.1) is 22.7 Å². The summed E-state index contributed by atoms with van der Waals surface area (Å²) in [4.78, 5) is 1.17. The summed E-state index contributed by atoms with van der Waals surface area (Å²) in [5.41, 5.74) is -0.213. The predicted molar refractivity (Wildman–Crippen MR) is 84.6 cm³/mol. The van der Waals surface area contributed by atoms with Crippen LogP contribution in [-0.4, -0.2) is 15.0 Å². The lowest BCUT2D eigenvalue weighted by Crippen LogP contribution is -2.35. The van der Waals surface area contributed by atoms with Gasteiger partial charge in [-0.25, -0.2) is 13.1 Å². The van der Waals surface area contributed by atoms with E-state index in [-0.39, 0.29) is 5.41 Å². The Bertz CT molecular complexity index is 644. The van der Waals surface area contributed by atoms with Gasteiger partial charge >= 0.3 is 0 Å². The van der Waals surface area contributed by atoms with Crippen molar-refractivity contribution in [2.45, 2.75) is 23.5 Å². The van der Waals surface area contributed by atoms with Crippen LogP contribution in [0.25, 0.3) is 0 Å². The van der Waals surface area contributed by atoms with E-state index in [0.717, 1.165) is 3.79 Å². The second kappa shape index (κ2) is 5.65. The number of thiophene rings is 2. The molecule has 2 aromatic rings. The Morgan fingerprint density at radius 1 is 1.32 bits per heavy atom. The Morgan fingerprint density at radius 2 is 2.05 bits per heavy atom. The Kier molecular flexibility index (Phi) is 4.52. The normalized spacial score (nSPS) is 12.8. The van der Waals surface area contributed by atoms with Crippen molar-refractivity contribution in [3.8, 4) is 0 Å². The number of sulfonamides is 1. The number of halogens is 1. The molecule has 0 atom stereocenters. The highest BCUT2D eigenvalue weighted by Crippen LogP contribution is 2.29. The molecule has 2 heterocycles. The Hall–Kier alpha value is -0.210. The van der Waals surface area contributed by atoms with Gasteiger partial charge in [0.05, 0.1) is 3.79 Å². The van der Waals surface area contributed by atoms with Crippen molar-refractivity contribution in [1.29, 1.82) is 0 Å². The molecule has 0 saturated carbocycles. The third-order valence-electron chi connectivity index (χ3n) is 2.71. The van der Waals surface area contributed by atoms with Crippen molar-refractivity contribution in [2.75, 3.05) is 6.54 Å². The molecule has 1 N–H and O–H groups in total. The summed E-state index contributed by atoms with van der Waals surface area (Å²) in [6.45, 7) is 4.45. The van der Waals surface area contributed by atoms with Crippen molar-refractivity contribution in [3.05, 3.63) is 38.3 Å². The van der Waals surface area contributed by atoms with E-state index in [9.17, 15) is 8.42 Å². The van der Waals surface area contributed by atoms with Crippen molar-refractivity contribution < 1.29 is 8.42 Å². The number of hydrogen-bond acceptors (Lipinski definition) is 4. The quantitative estimate of drug-likeness (QED) is 0.857. The molecule has 0 spiro atoms. The monoisotopic (exact) mass is 379 g/mol. The summed E-state index contributed by atoms with van der Waals surface area (Å²) in [5.74, 6) is 0. The van der Waals surface area contributed by atoms with Crippen LogP contribution in [0.15, 0.2) is 37.6 Å². The summed E-state index contributed by atoms with van der Waals surface area (Å²) in [6, 6.07) is 7.35. The molecule has 2 aromatic heterocycles. The molecule has 0 fully saturated rings. The molecule has 19 heavy (non-hydrogen) atoms. The summed E-state index contributed by atoms with van der Waals surface area (Å²) in [7, 11) is -3.42. The van der Waals surface area contributed by atoms with Gasteiger partial charge < -0.3 is 0 Å². The van der Waals surface area contributed by atoms with E-state index in [2.05, 4.69) is 20.7 Å². The summed E-state index contributed by atoms with van der Waals surface area (Å²) in [5, 5.41) is 2.00. The Balaban J connectivity index is 2.10. The molecule has 0 bridgehead atoms. The van der Waals surface area contributed by atoms with Crippen LogP contribution in [0.1, 0.15) is 18.7 Å². The first kappa shape index (κ1) is 15.2. The van der Waals surface area contributed by atoms with E-state index >= 15 is 0 Å². The largest absolute Gasteiger partial charge is 0.250 e. The molecule has 0 aliphatic carbocycles. The van der Waals surface area contributed by atoms with Crippen molar-refractivity contribution in [2.24, 2.45) is 0 Å². The minimum absolute atomic E-state index is 0.213. The summed E-state index contributed by atoms with van der Waals surface area (Å²) < 4.78 is 28.1. The van der Waals surface area contributed by atoms with Gasteiger partial charge in [-0.2, -0.15) is 0 Å². The molecule has 0 aliphatic rings. The van der Waals surface area contributed by atoms with Crippen molar-refractivity contribution in [3.63, 3.8) is 0 Å². The van der Waals surface area contributed by atoms with Gasteiger partial charge in [0.25, 0.3) is 0 Å². The van der Waals surface area contributed by atoms with Crippen LogP contribution >= 0.6 is 38.6 Å². The molecule has 3 nitrogen and oxygen atoms in total. The maximum atomic E-state index is 12.1. The molecular weight excluding hydrogens is 366 g/mol. The van der Waals surface area contributed by atoms with Crippen LogP contribution in [-0.2, 0) is 15.4 Å². The highest BCUT2D eigenvalue weighted by Gasteiger charge is 2.25. The molecule has 0 aromatic carbocycles. The molecule has 7 heteroatoms. The second-order valence-electron chi connectivity index (χ2n) is 4.74. The lowest BCUT2D eigenvalue weighted by molar-refractivity contribution is 0.510. The minimum Gasteiger partial charge on any atom is -0.210 e. The SMILES string of the molecule is CC(C)(CNS(=O)(=O)c1ccc(Br)s1)c1cccs1. The highest BCUT2D eigenvalue weighted by molar-refractivity contribution is 9.11. The van der Waals surface area contributed by atoms with E-state index in [1.54, 1.807) is 23.5 Å². The molecule has 0 unspecified atom stereocenters. The molecular formula is C12H14BrNO2S3. The predicted octanol–water partition coefficient (Wildman–Crippen LogP) is 3.83. The number of nitrogens with one attached hydrogen (secondary N) is 1. The third-order valence-corrected chi connectivity index (χ3v) is 7.46. The van der Waals surface area contributed by atoms with E-state index in [0.29, 0.717) is 10.8 Å². The minimum atomic E-state index is -3.42. The van der Waals surface area contributed by atoms with Gasteiger partial charge in [-0.05, 0) is 39.5 Å². The van der Waals surface area contributed by atoms with Crippen LogP contribution in [0.4, 0.5) is 0 Å². The van der Waals surface area contributed by atoms with E-state index in [4.69, 9.17) is 0 Å². The van der Waals surface area contributed by atoms with Gasteiger partial charge in [0.2, 0.25) is 10.0 Å². The fraction of sp³-hybridized carbons (Fsp3) is 0.333. The zero-order chi connectivity index (χ0) is 14.1.